The standard InChI is InChI=1S/C27H35N7O3S.C24H27N5O3S.C23H25N5O3S.C21H29N5O3S/c1-6-33(7-2)23-14-11-19(16-29-23)21-13-12-20(25(30-21)34-17-18(3)15-27(34,4)5)26(35)32-38(36,37)24-10-8-9-22(28)31-24;1-16-6-8-18(9-7-16)20-11-10-19(23(26-20)29-14-12-17(2)13-15-29)24(30)28-33(31,32)22-5-3-4-21(25)27-22;1-15-11-12-16(2)28(15)22-18(13-14-19(25-22)17-7-4-3-5-8-17)23(29)27-32(30,31)21-10-6-9-20(24)26-21;1-14-10-12-26(13-11-14)19-15(8-9-16(23-19)21(2,3)4)20(27)25-30(28,29)18-7-5-6-17(22)24-18/h8-14,16,18H,6-7,15,17H2,1-5H3,(H2,28,31)(H,32,35);3-11,17H,12-15H2,1-2H3,(H2,25,27)(H,28,30);3-10,13-16H,11-12H2,1-2H3,(H2,24,26)(H,27,29);5-9,14H,10-13H2,1-4H3,(H2,22,24)(H,25,27)/t;;15-,16+;. The van der Waals surface area contributed by atoms with E-state index in [1.165, 1.54) is 72.8 Å². The lowest BCUT2D eigenvalue weighted by Crippen LogP contribution is -2.41. The average Bonchev–Trinajstić information content (AvgIpc) is 1.64. The third-order valence-electron chi connectivity index (χ3n) is 23.5. The van der Waals surface area contributed by atoms with E-state index in [1.807, 2.05) is 94.4 Å². The fourth-order valence-corrected chi connectivity index (χ4v) is 19.9. The van der Waals surface area contributed by atoms with Gasteiger partial charge >= 0.3 is 0 Å². The molecule has 4 amide bonds. The molecule has 0 spiro atoms. The first-order chi connectivity index (χ1) is 62.9. The van der Waals surface area contributed by atoms with Crippen molar-refractivity contribution in [1.82, 2.24) is 63.7 Å². The van der Waals surface area contributed by atoms with Gasteiger partial charge in [0.15, 0.2) is 20.1 Å². The lowest BCUT2D eigenvalue weighted by Gasteiger charge is -2.34. The number of rotatable bonds is 22. The Morgan fingerprint density at radius 3 is 1.13 bits per heavy atom. The Balaban J connectivity index is 0.000000160. The van der Waals surface area contributed by atoms with Gasteiger partial charge in [0.25, 0.3) is 63.7 Å². The van der Waals surface area contributed by atoms with Gasteiger partial charge in [0, 0.05) is 97.4 Å². The van der Waals surface area contributed by atoms with Gasteiger partial charge in [0.2, 0.25) is 0 Å². The molecule has 12 N–H and O–H groups in total. The number of amides is 4. The van der Waals surface area contributed by atoms with Crippen LogP contribution >= 0.6 is 0 Å². The number of piperidine rings is 2. The van der Waals surface area contributed by atoms with Crippen molar-refractivity contribution in [2.24, 2.45) is 17.8 Å². The van der Waals surface area contributed by atoms with Crippen molar-refractivity contribution in [2.75, 3.05) is 93.2 Å². The van der Waals surface area contributed by atoms with Crippen LogP contribution in [0.3, 0.4) is 0 Å². The minimum absolute atomic E-state index is 0.0421. The van der Waals surface area contributed by atoms with E-state index in [0.717, 1.165) is 124 Å². The zero-order chi connectivity index (χ0) is 96.2. The largest absolute Gasteiger partial charge is 0.384 e. The number of nitrogen functional groups attached to an aromatic ring is 4. The molecule has 0 aliphatic carbocycles. The van der Waals surface area contributed by atoms with Crippen LogP contribution in [0.5, 0.6) is 0 Å². The summed E-state index contributed by atoms with van der Waals surface area (Å²) in [6, 6.07) is 52.3. The molecular weight excluding hydrogens is 1770 g/mol. The molecule has 0 bridgehead atoms. The van der Waals surface area contributed by atoms with Crippen LogP contribution in [-0.2, 0) is 45.5 Å². The molecule has 4 aliphatic heterocycles. The number of aryl methyl sites for hydroxylation is 1. The maximum absolute atomic E-state index is 13.4. The number of carbonyl (C=O) groups excluding carboxylic acids is 4. The second-order valence-electron chi connectivity index (χ2n) is 35.4. The third kappa shape index (κ3) is 24.5. The highest BCUT2D eigenvalue weighted by Crippen LogP contribution is 2.40. The second kappa shape index (κ2) is 41.6. The van der Waals surface area contributed by atoms with Gasteiger partial charge in [-0.25, -0.2) is 63.7 Å². The fraction of sp³-hybridized carbons (Fsp3) is 0.358. The smallest absolute Gasteiger partial charge is 0.281 e. The Bertz CT molecular complexity index is 6530. The molecule has 2 aromatic carbocycles. The van der Waals surface area contributed by atoms with Crippen LogP contribution in [-0.4, -0.2) is 166 Å². The minimum Gasteiger partial charge on any atom is -0.384 e. The van der Waals surface area contributed by atoms with Gasteiger partial charge in [-0.2, -0.15) is 33.7 Å². The van der Waals surface area contributed by atoms with Gasteiger partial charge in [0.1, 0.15) is 52.4 Å². The van der Waals surface area contributed by atoms with Crippen LogP contribution in [0, 0.1) is 24.7 Å². The number of nitrogens with one attached hydrogen (secondary N) is 4. The molecular formula is C95H116N22O12S4. The summed E-state index contributed by atoms with van der Waals surface area (Å²) in [7, 11) is -16.8. The number of nitrogens with two attached hydrogens (primary N) is 4. The molecule has 4 fully saturated rings. The normalized spacial score (nSPS) is 16.5. The van der Waals surface area contributed by atoms with Gasteiger partial charge in [-0.15, -0.1) is 0 Å². The lowest BCUT2D eigenvalue weighted by atomic mass is 9.91. The number of pyridine rings is 9. The molecule has 34 nitrogen and oxygen atoms in total. The highest BCUT2D eigenvalue weighted by atomic mass is 32.2. The van der Waals surface area contributed by atoms with E-state index in [9.17, 15) is 52.8 Å². The highest BCUT2D eigenvalue weighted by molar-refractivity contribution is 7.90. The maximum Gasteiger partial charge on any atom is 0.281 e. The zero-order valence-corrected chi connectivity index (χ0v) is 80.1. The van der Waals surface area contributed by atoms with Crippen molar-refractivity contribution >= 4 is 116 Å². The first kappa shape index (κ1) is 98.7. The molecule has 38 heteroatoms. The Hall–Kier alpha value is -13.3. The van der Waals surface area contributed by atoms with Crippen LogP contribution in [0.15, 0.2) is 214 Å². The van der Waals surface area contributed by atoms with E-state index >= 15 is 0 Å². The predicted molar refractivity (Wildman–Crippen MR) is 518 cm³/mol. The summed E-state index contributed by atoms with van der Waals surface area (Å²) in [6.07, 6.45) is 8.54. The minimum atomic E-state index is -4.24. The fourth-order valence-electron chi connectivity index (χ4n) is 16.1. The molecule has 15 rings (SSSR count). The molecule has 9 aromatic heterocycles. The van der Waals surface area contributed by atoms with Crippen LogP contribution < -0.4 is 66.3 Å². The molecule has 1 unspecified atom stereocenters. The molecule has 4 saturated heterocycles. The van der Waals surface area contributed by atoms with E-state index in [0.29, 0.717) is 59.0 Å². The van der Waals surface area contributed by atoms with E-state index in [1.54, 1.807) is 54.7 Å². The topological polar surface area (TPSA) is 489 Å². The summed E-state index contributed by atoms with van der Waals surface area (Å²) in [4.78, 5) is 102. The van der Waals surface area contributed by atoms with Crippen LogP contribution in [0.1, 0.15) is 181 Å². The number of anilines is 9. The summed E-state index contributed by atoms with van der Waals surface area (Å²) >= 11 is 0. The third-order valence-corrected chi connectivity index (χ3v) is 28.4. The number of aromatic nitrogens is 9. The van der Waals surface area contributed by atoms with Crippen molar-refractivity contribution in [3.05, 3.63) is 228 Å². The highest BCUT2D eigenvalue weighted by Gasteiger charge is 2.41. The number of hydrogen-bond acceptors (Lipinski definition) is 30. The average molecular weight is 1890 g/mol. The van der Waals surface area contributed by atoms with E-state index < -0.39 is 63.7 Å². The van der Waals surface area contributed by atoms with Gasteiger partial charge < -0.3 is 47.4 Å². The number of nitrogens with zero attached hydrogens (tertiary/aromatic N) is 14. The predicted octanol–water partition coefficient (Wildman–Crippen LogP) is 13.0. The lowest BCUT2D eigenvalue weighted by molar-refractivity contribution is 0.0972. The summed E-state index contributed by atoms with van der Waals surface area (Å²) in [5.74, 6) is 1.52. The van der Waals surface area contributed by atoms with E-state index in [4.69, 9.17) is 42.9 Å². The van der Waals surface area contributed by atoms with Gasteiger partial charge in [0.05, 0.1) is 39.3 Å². The SMILES string of the molecule is CC1CCN(c2nc(C(C)(C)C)ccc2C(=O)NS(=O)(=O)c2cccc(N)n2)CC1.CCN(CC)c1ccc(-c2ccc(C(=O)NS(=O)(=O)c3cccc(N)n3)c(N3CC(C)CC3(C)C)n2)cn1.C[C@@H]1CC[C@H](C)N1c1nc(-c2ccccc2)ccc1C(=O)NS(=O)(=O)c1cccc(N)n1.Cc1ccc(-c2ccc(C(=O)NS(=O)(=O)c3cccc(N)n3)c(N3CCC(C)CC3)n2)cc1. The summed E-state index contributed by atoms with van der Waals surface area (Å²) in [5.41, 5.74) is 29.4. The Labute approximate surface area is 778 Å². The Morgan fingerprint density at radius 2 is 0.759 bits per heavy atom. The van der Waals surface area contributed by atoms with Crippen LogP contribution in [0.4, 0.5) is 52.4 Å². The molecule has 4 aliphatic rings. The number of carbonyl (C=O) groups is 4. The van der Waals surface area contributed by atoms with Gasteiger partial charge in [-0.05, 0) is 220 Å². The Morgan fingerprint density at radius 1 is 0.406 bits per heavy atom. The quantitative estimate of drug-likeness (QED) is 0.0312. The molecule has 0 radical (unpaired) electrons. The van der Waals surface area contributed by atoms with Gasteiger partial charge in [-0.3, -0.25) is 19.2 Å². The summed E-state index contributed by atoms with van der Waals surface area (Å²) in [6.45, 7) is 32.7. The van der Waals surface area contributed by atoms with Crippen molar-refractivity contribution in [3.8, 4) is 33.8 Å². The number of sulfonamides is 4. The van der Waals surface area contributed by atoms with E-state index in [2.05, 4.69) is 131 Å². The monoisotopic (exact) mass is 1880 g/mol. The molecule has 11 aromatic rings. The number of hydrogen-bond donors (Lipinski definition) is 8. The maximum atomic E-state index is 13.4. The van der Waals surface area contributed by atoms with Crippen LogP contribution in [0.25, 0.3) is 33.8 Å². The molecule has 133 heavy (non-hydrogen) atoms. The van der Waals surface area contributed by atoms with E-state index in [-0.39, 0.29) is 88.7 Å². The zero-order valence-electron chi connectivity index (χ0n) is 76.9. The first-order valence-corrected chi connectivity index (χ1v) is 50.0. The van der Waals surface area contributed by atoms with Crippen molar-refractivity contribution in [2.45, 2.75) is 178 Å². The van der Waals surface area contributed by atoms with Crippen molar-refractivity contribution < 1.29 is 52.8 Å². The first-order valence-electron chi connectivity index (χ1n) is 44.0. The summed E-state index contributed by atoms with van der Waals surface area (Å²) in [5, 5.41) is -1.26. The summed E-state index contributed by atoms with van der Waals surface area (Å²) < 4.78 is 111. The Kier molecular flexibility index (Phi) is 30.9. The van der Waals surface area contributed by atoms with Crippen LogP contribution in [0.2, 0.25) is 0 Å². The molecule has 0 saturated carbocycles. The molecule has 702 valence electrons. The van der Waals surface area contributed by atoms with Crippen molar-refractivity contribution in [3.63, 3.8) is 0 Å². The molecule has 13 heterocycles. The second-order valence-corrected chi connectivity index (χ2v) is 41.9. The van der Waals surface area contributed by atoms with Gasteiger partial charge in [-0.1, -0.05) is 126 Å². The number of benzene rings is 2. The molecule has 3 atom stereocenters. The van der Waals surface area contributed by atoms with Crippen molar-refractivity contribution in [1.29, 1.82) is 0 Å².